The Morgan fingerprint density at radius 3 is 2.92 bits per heavy atom. The van der Waals surface area contributed by atoms with Gasteiger partial charge in [-0.2, -0.15) is 0 Å². The van der Waals surface area contributed by atoms with Gasteiger partial charge in [0.05, 0.1) is 7.11 Å². The second kappa shape index (κ2) is 3.42. The highest BCUT2D eigenvalue weighted by molar-refractivity contribution is 9.10. The molecule has 2 rings (SSSR count). The van der Waals surface area contributed by atoms with Crippen LogP contribution in [0.1, 0.15) is 33.3 Å². The van der Waals surface area contributed by atoms with Crippen molar-refractivity contribution in [3.63, 3.8) is 0 Å². The third kappa shape index (κ3) is 1.79. The Morgan fingerprint density at radius 2 is 2.38 bits per heavy atom. The van der Waals surface area contributed by atoms with E-state index < -0.39 is 0 Å². The maximum Gasteiger partial charge on any atom is 0.348 e. The number of halogens is 1. The molecule has 0 unspecified atom stereocenters. The van der Waals surface area contributed by atoms with Gasteiger partial charge in [0, 0.05) is 9.35 Å². The Bertz CT molecular complexity index is 341. The zero-order chi connectivity index (χ0) is 9.42. The summed E-state index contributed by atoms with van der Waals surface area (Å²) in [6, 6.07) is 1.85. The molecule has 1 fully saturated rings. The summed E-state index contributed by atoms with van der Waals surface area (Å²) in [6.07, 6.45) is 2.50. The molecule has 0 aromatic carbocycles. The molecule has 0 atom stereocenters. The minimum absolute atomic E-state index is 0.238. The van der Waals surface area contributed by atoms with E-state index in [-0.39, 0.29) is 5.97 Å². The molecule has 1 aliphatic rings. The molecule has 1 aromatic heterocycles. The van der Waals surface area contributed by atoms with E-state index in [2.05, 4.69) is 20.7 Å². The molecule has 13 heavy (non-hydrogen) atoms. The van der Waals surface area contributed by atoms with Gasteiger partial charge in [0.1, 0.15) is 4.88 Å². The van der Waals surface area contributed by atoms with Crippen LogP contribution >= 0.6 is 27.3 Å². The largest absolute Gasteiger partial charge is 0.465 e. The summed E-state index contributed by atoms with van der Waals surface area (Å²) < 4.78 is 5.71. The second-order valence-corrected chi connectivity index (χ2v) is 5.03. The van der Waals surface area contributed by atoms with E-state index in [0.717, 1.165) is 4.47 Å². The lowest BCUT2D eigenvalue weighted by Gasteiger charge is -1.92. The van der Waals surface area contributed by atoms with E-state index >= 15 is 0 Å². The van der Waals surface area contributed by atoms with E-state index in [1.807, 2.05) is 6.07 Å². The molecule has 0 bridgehead atoms. The van der Waals surface area contributed by atoms with Crippen LogP contribution in [0, 0.1) is 0 Å². The fourth-order valence-corrected chi connectivity index (χ4v) is 3.29. The molecule has 0 aliphatic heterocycles. The molecule has 0 amide bonds. The molecule has 0 N–H and O–H groups in total. The lowest BCUT2D eigenvalue weighted by Crippen LogP contribution is -1.96. The molecule has 0 radical (unpaired) electrons. The number of carbonyl (C=O) groups excluding carboxylic acids is 1. The maximum absolute atomic E-state index is 11.2. The predicted molar refractivity (Wildman–Crippen MR) is 55.3 cm³/mol. The normalized spacial score (nSPS) is 15.8. The van der Waals surface area contributed by atoms with Crippen LogP contribution in [0.4, 0.5) is 0 Å². The molecule has 2 nitrogen and oxygen atoms in total. The first-order chi connectivity index (χ1) is 6.22. The number of esters is 1. The third-order valence-corrected chi connectivity index (χ3v) is 4.24. The first kappa shape index (κ1) is 9.21. The molecule has 0 saturated heterocycles. The minimum atomic E-state index is -0.238. The van der Waals surface area contributed by atoms with Crippen molar-refractivity contribution in [3.05, 3.63) is 20.3 Å². The Balaban J connectivity index is 2.28. The van der Waals surface area contributed by atoms with Gasteiger partial charge in [-0.05, 0) is 40.8 Å². The van der Waals surface area contributed by atoms with Gasteiger partial charge in [-0.1, -0.05) is 0 Å². The molecule has 1 aromatic rings. The predicted octanol–water partition coefficient (Wildman–Crippen LogP) is 3.17. The van der Waals surface area contributed by atoms with Crippen molar-refractivity contribution in [2.75, 3.05) is 7.11 Å². The van der Waals surface area contributed by atoms with Gasteiger partial charge in [-0.15, -0.1) is 11.3 Å². The smallest absolute Gasteiger partial charge is 0.348 e. The van der Waals surface area contributed by atoms with Crippen molar-refractivity contribution < 1.29 is 9.53 Å². The van der Waals surface area contributed by atoms with Crippen molar-refractivity contribution in [2.45, 2.75) is 18.8 Å². The monoisotopic (exact) mass is 260 g/mol. The van der Waals surface area contributed by atoms with Crippen LogP contribution in [-0.4, -0.2) is 13.1 Å². The zero-order valence-electron chi connectivity index (χ0n) is 7.17. The van der Waals surface area contributed by atoms with Crippen molar-refractivity contribution >= 4 is 33.2 Å². The van der Waals surface area contributed by atoms with Crippen LogP contribution in [0.3, 0.4) is 0 Å². The third-order valence-electron chi connectivity index (χ3n) is 2.05. The van der Waals surface area contributed by atoms with E-state index in [0.29, 0.717) is 10.8 Å². The molecule has 4 heteroatoms. The summed E-state index contributed by atoms with van der Waals surface area (Å²) in [4.78, 5) is 13.2. The second-order valence-electron chi connectivity index (χ2n) is 3.09. The molecule has 70 valence electrons. The van der Waals surface area contributed by atoms with Gasteiger partial charge in [-0.3, -0.25) is 0 Å². The van der Waals surface area contributed by atoms with Crippen molar-refractivity contribution in [2.24, 2.45) is 0 Å². The van der Waals surface area contributed by atoms with Crippen LogP contribution in [-0.2, 0) is 4.74 Å². The highest BCUT2D eigenvalue weighted by Gasteiger charge is 2.28. The van der Waals surface area contributed by atoms with Crippen LogP contribution in [0.2, 0.25) is 0 Å². The summed E-state index contributed by atoms with van der Waals surface area (Å²) in [7, 11) is 1.41. The molecular weight excluding hydrogens is 252 g/mol. The standard InChI is InChI=1S/C9H9BrO2S/c1-12-9(11)7-4-6(10)8(13-7)5-2-3-5/h4-5H,2-3H2,1H3. The topological polar surface area (TPSA) is 26.3 Å². The van der Waals surface area contributed by atoms with Crippen LogP contribution in [0.15, 0.2) is 10.5 Å². The molecule has 1 heterocycles. The van der Waals surface area contributed by atoms with Crippen molar-refractivity contribution in [1.29, 1.82) is 0 Å². The lowest BCUT2D eigenvalue weighted by molar-refractivity contribution is 0.0606. The fourth-order valence-electron chi connectivity index (χ4n) is 1.21. The SMILES string of the molecule is COC(=O)c1cc(Br)c(C2CC2)s1. The zero-order valence-corrected chi connectivity index (χ0v) is 9.57. The Kier molecular flexibility index (Phi) is 2.43. The quantitative estimate of drug-likeness (QED) is 0.764. The lowest BCUT2D eigenvalue weighted by atomic mass is 10.3. The number of hydrogen-bond donors (Lipinski definition) is 0. The Hall–Kier alpha value is -0.350. The molecule has 1 aliphatic carbocycles. The summed E-state index contributed by atoms with van der Waals surface area (Å²) in [5, 5.41) is 0. The number of thiophene rings is 1. The van der Waals surface area contributed by atoms with Gasteiger partial charge < -0.3 is 4.74 Å². The number of hydrogen-bond acceptors (Lipinski definition) is 3. The molecular formula is C9H9BrO2S. The van der Waals surface area contributed by atoms with Crippen LogP contribution < -0.4 is 0 Å². The summed E-state index contributed by atoms with van der Waals surface area (Å²) in [5.41, 5.74) is 0. The van der Waals surface area contributed by atoms with Crippen molar-refractivity contribution in [1.82, 2.24) is 0 Å². The Morgan fingerprint density at radius 1 is 1.69 bits per heavy atom. The first-order valence-electron chi connectivity index (χ1n) is 4.10. The fraction of sp³-hybridized carbons (Fsp3) is 0.444. The van der Waals surface area contributed by atoms with Gasteiger partial charge >= 0.3 is 5.97 Å². The van der Waals surface area contributed by atoms with Gasteiger partial charge in [0.15, 0.2) is 0 Å². The molecule has 1 saturated carbocycles. The van der Waals surface area contributed by atoms with E-state index in [9.17, 15) is 4.79 Å². The average molecular weight is 261 g/mol. The molecule has 0 spiro atoms. The van der Waals surface area contributed by atoms with Crippen LogP contribution in [0.5, 0.6) is 0 Å². The average Bonchev–Trinajstić information content (AvgIpc) is 2.89. The van der Waals surface area contributed by atoms with E-state index in [1.165, 1.54) is 24.8 Å². The number of rotatable bonds is 2. The van der Waals surface area contributed by atoms with Gasteiger partial charge in [-0.25, -0.2) is 4.79 Å². The maximum atomic E-state index is 11.2. The number of ether oxygens (including phenoxy) is 1. The van der Waals surface area contributed by atoms with Crippen molar-refractivity contribution in [3.8, 4) is 0 Å². The number of methoxy groups -OCH3 is 1. The van der Waals surface area contributed by atoms with E-state index in [1.54, 1.807) is 11.3 Å². The first-order valence-corrected chi connectivity index (χ1v) is 5.71. The highest BCUT2D eigenvalue weighted by Crippen LogP contribution is 2.47. The van der Waals surface area contributed by atoms with Gasteiger partial charge in [0.25, 0.3) is 0 Å². The van der Waals surface area contributed by atoms with E-state index in [4.69, 9.17) is 0 Å². The van der Waals surface area contributed by atoms with Crippen LogP contribution in [0.25, 0.3) is 0 Å². The summed E-state index contributed by atoms with van der Waals surface area (Å²) in [5.74, 6) is 0.440. The summed E-state index contributed by atoms with van der Waals surface area (Å²) >= 11 is 5.00. The Labute approximate surface area is 89.0 Å². The summed E-state index contributed by atoms with van der Waals surface area (Å²) in [6.45, 7) is 0. The highest BCUT2D eigenvalue weighted by atomic mass is 79.9. The van der Waals surface area contributed by atoms with Gasteiger partial charge in [0.2, 0.25) is 0 Å². The number of carbonyl (C=O) groups is 1. The minimum Gasteiger partial charge on any atom is -0.465 e.